The van der Waals surface area contributed by atoms with Crippen LogP contribution in [0.3, 0.4) is 0 Å². The minimum atomic E-state index is -0.935. The van der Waals surface area contributed by atoms with Gasteiger partial charge >= 0.3 is 11.9 Å². The Morgan fingerprint density at radius 3 is 2.57 bits per heavy atom. The first-order valence-electron chi connectivity index (χ1n) is 13.3. The molecule has 5 nitrogen and oxygen atoms in total. The van der Waals surface area contributed by atoms with Crippen LogP contribution < -0.4 is 0 Å². The van der Waals surface area contributed by atoms with Crippen molar-refractivity contribution < 1.29 is 24.2 Å². The second-order valence-electron chi connectivity index (χ2n) is 12.6. The summed E-state index contributed by atoms with van der Waals surface area (Å²) < 4.78 is 11.5. The van der Waals surface area contributed by atoms with Crippen molar-refractivity contribution in [3.63, 3.8) is 0 Å². The minimum absolute atomic E-state index is 0.0348. The van der Waals surface area contributed by atoms with Gasteiger partial charge in [0, 0.05) is 24.0 Å². The molecular formula is C30H40O5. The number of rotatable bonds is 2. The van der Waals surface area contributed by atoms with Gasteiger partial charge in [-0.15, -0.1) is 0 Å². The topological polar surface area (TPSA) is 72.8 Å². The Balaban J connectivity index is 1.43. The number of ether oxygens (including phenoxy) is 2. The Bertz CT molecular complexity index is 1050. The standard InChI is InChI=1S/C30H40O5/c1-17-7-10-24(34-27(17)32)19(3)21-13-14-29(6)23(18(21)2)16-30(33)15-20-8-12-26(31)35-28(4,5)22(20)9-11-25(29)30/h7-8,12,15,19,21-25,33H,2,9-11,13-14,16H2,1,3-6H3/t19-,21-,22-,23+,24-,25+,29-,30+/m1/s1. The SMILES string of the molecule is C=C1[C@H]([C@@H](C)[C@H]2CC=C(C)C(=O)O2)CC[C@]2(C)[C@H]1C[C@@]1(O)C=C3C=CC(=O)OC(C)(C)[C@@H]3CC[C@@H]21. The first-order valence-corrected chi connectivity index (χ1v) is 13.3. The molecule has 0 bridgehead atoms. The third-order valence-corrected chi connectivity index (χ3v) is 10.3. The Kier molecular flexibility index (Phi) is 5.75. The van der Waals surface area contributed by atoms with E-state index in [2.05, 4.69) is 26.5 Å². The lowest BCUT2D eigenvalue weighted by atomic mass is 9.57. The molecule has 8 atom stereocenters. The van der Waals surface area contributed by atoms with E-state index in [9.17, 15) is 14.7 Å². The van der Waals surface area contributed by atoms with Crippen molar-refractivity contribution in [3.8, 4) is 0 Å². The van der Waals surface area contributed by atoms with E-state index in [1.54, 1.807) is 0 Å². The quantitative estimate of drug-likeness (QED) is 0.420. The summed E-state index contributed by atoms with van der Waals surface area (Å²) in [4.78, 5) is 24.3. The van der Waals surface area contributed by atoms with E-state index in [0.29, 0.717) is 12.0 Å². The van der Waals surface area contributed by atoms with Gasteiger partial charge in [0.05, 0.1) is 5.60 Å². The average molecular weight is 481 g/mol. The number of allylic oxidation sites excluding steroid dienone is 2. The van der Waals surface area contributed by atoms with E-state index in [1.807, 2.05) is 32.9 Å². The third-order valence-electron chi connectivity index (χ3n) is 10.3. The normalized spacial score (nSPS) is 43.4. The molecule has 0 amide bonds. The van der Waals surface area contributed by atoms with Gasteiger partial charge in [-0.3, -0.25) is 0 Å². The summed E-state index contributed by atoms with van der Waals surface area (Å²) in [6.07, 6.45) is 12.5. The van der Waals surface area contributed by atoms with Crippen molar-refractivity contribution >= 4 is 11.9 Å². The van der Waals surface area contributed by atoms with E-state index < -0.39 is 11.2 Å². The van der Waals surface area contributed by atoms with Crippen LogP contribution in [0.25, 0.3) is 0 Å². The maximum atomic E-state index is 12.2. The number of esters is 2. The molecule has 3 aliphatic carbocycles. The molecule has 2 fully saturated rings. The van der Waals surface area contributed by atoms with E-state index >= 15 is 0 Å². The summed E-state index contributed by atoms with van der Waals surface area (Å²) in [7, 11) is 0. The highest BCUT2D eigenvalue weighted by Crippen LogP contribution is 2.65. The van der Waals surface area contributed by atoms with Crippen LogP contribution in [0.15, 0.2) is 47.6 Å². The highest BCUT2D eigenvalue weighted by molar-refractivity contribution is 5.88. The molecule has 0 aromatic heterocycles. The zero-order chi connectivity index (χ0) is 25.3. The molecule has 2 heterocycles. The molecule has 5 heteroatoms. The molecule has 0 aromatic rings. The highest BCUT2D eigenvalue weighted by atomic mass is 16.6. The molecule has 0 spiro atoms. The van der Waals surface area contributed by atoms with E-state index in [0.717, 1.165) is 37.7 Å². The Morgan fingerprint density at radius 2 is 1.86 bits per heavy atom. The first-order chi connectivity index (χ1) is 16.4. The van der Waals surface area contributed by atoms with Crippen LogP contribution in [0.5, 0.6) is 0 Å². The minimum Gasteiger partial charge on any atom is -0.458 e. The van der Waals surface area contributed by atoms with Gasteiger partial charge in [0.1, 0.15) is 11.7 Å². The van der Waals surface area contributed by atoms with Crippen LogP contribution in [0.2, 0.25) is 0 Å². The van der Waals surface area contributed by atoms with Gasteiger partial charge in [0.2, 0.25) is 0 Å². The lowest BCUT2D eigenvalue weighted by molar-refractivity contribution is -0.153. The van der Waals surface area contributed by atoms with E-state index in [4.69, 9.17) is 9.47 Å². The largest absolute Gasteiger partial charge is 0.458 e. The van der Waals surface area contributed by atoms with Gasteiger partial charge in [-0.2, -0.15) is 0 Å². The third kappa shape index (κ3) is 3.85. The summed E-state index contributed by atoms with van der Waals surface area (Å²) in [6.45, 7) is 14.9. The number of hydrogen-bond donors (Lipinski definition) is 1. The van der Waals surface area contributed by atoms with Crippen LogP contribution >= 0.6 is 0 Å². The Labute approximate surface area is 209 Å². The molecule has 2 aliphatic heterocycles. The number of fused-ring (bicyclic) bond motifs is 4. The van der Waals surface area contributed by atoms with E-state index in [-0.39, 0.29) is 53.0 Å². The van der Waals surface area contributed by atoms with Gasteiger partial charge in [-0.25, -0.2) is 9.59 Å². The summed E-state index contributed by atoms with van der Waals surface area (Å²) in [5, 5.41) is 12.2. The zero-order valence-electron chi connectivity index (χ0n) is 21.8. The van der Waals surface area contributed by atoms with Crippen LogP contribution in [0.4, 0.5) is 0 Å². The summed E-state index contributed by atoms with van der Waals surface area (Å²) in [5.41, 5.74) is 1.33. The first kappa shape index (κ1) is 24.5. The summed E-state index contributed by atoms with van der Waals surface area (Å²) in [5.74, 6) is 0.343. The van der Waals surface area contributed by atoms with Crippen LogP contribution in [0.1, 0.15) is 73.1 Å². The molecule has 0 radical (unpaired) electrons. The summed E-state index contributed by atoms with van der Waals surface area (Å²) >= 11 is 0. The second-order valence-corrected chi connectivity index (χ2v) is 12.6. The van der Waals surface area contributed by atoms with Crippen molar-refractivity contribution in [1.29, 1.82) is 0 Å². The van der Waals surface area contributed by atoms with Gasteiger partial charge in [0.25, 0.3) is 0 Å². The number of carbonyl (C=O) groups is 2. The molecule has 35 heavy (non-hydrogen) atoms. The van der Waals surface area contributed by atoms with Crippen molar-refractivity contribution in [3.05, 3.63) is 47.6 Å². The smallest absolute Gasteiger partial charge is 0.333 e. The molecule has 0 unspecified atom stereocenters. The predicted octanol–water partition coefficient (Wildman–Crippen LogP) is 5.45. The molecule has 5 rings (SSSR count). The molecule has 2 saturated carbocycles. The summed E-state index contributed by atoms with van der Waals surface area (Å²) in [6, 6.07) is 0. The highest BCUT2D eigenvalue weighted by Gasteiger charge is 2.62. The van der Waals surface area contributed by atoms with E-state index in [1.165, 1.54) is 11.6 Å². The average Bonchev–Trinajstić information content (AvgIpc) is 2.86. The number of cyclic esters (lactones) is 2. The monoisotopic (exact) mass is 480 g/mol. The van der Waals surface area contributed by atoms with Crippen molar-refractivity contribution in [2.45, 2.75) is 90.4 Å². The Hall–Kier alpha value is -2.14. The lowest BCUT2D eigenvalue weighted by Gasteiger charge is -2.48. The lowest BCUT2D eigenvalue weighted by Crippen LogP contribution is -2.43. The van der Waals surface area contributed by atoms with Gasteiger partial charge in [0.15, 0.2) is 0 Å². The van der Waals surface area contributed by atoms with Gasteiger partial charge in [-0.1, -0.05) is 38.2 Å². The molecule has 1 N–H and O–H groups in total. The number of hydrogen-bond acceptors (Lipinski definition) is 5. The second kappa shape index (κ2) is 8.19. The fourth-order valence-electron chi connectivity index (χ4n) is 8.24. The molecule has 5 aliphatic rings. The van der Waals surface area contributed by atoms with Crippen molar-refractivity contribution in [1.82, 2.24) is 0 Å². The Morgan fingerprint density at radius 1 is 1.11 bits per heavy atom. The predicted molar refractivity (Wildman–Crippen MR) is 134 cm³/mol. The zero-order valence-corrected chi connectivity index (χ0v) is 21.8. The fraction of sp³-hybridized carbons (Fsp3) is 0.667. The van der Waals surface area contributed by atoms with Gasteiger partial charge in [-0.05, 0) is 93.6 Å². The maximum absolute atomic E-state index is 12.2. The molecule has 0 saturated heterocycles. The van der Waals surface area contributed by atoms with Crippen molar-refractivity contribution in [2.24, 2.45) is 35.0 Å². The molecule has 0 aromatic carbocycles. The number of carbonyl (C=O) groups excluding carboxylic acids is 2. The number of aliphatic hydroxyl groups is 1. The van der Waals surface area contributed by atoms with Crippen LogP contribution in [-0.2, 0) is 19.1 Å². The van der Waals surface area contributed by atoms with Crippen molar-refractivity contribution in [2.75, 3.05) is 0 Å². The molecule has 190 valence electrons. The van der Waals surface area contributed by atoms with Gasteiger partial charge < -0.3 is 14.6 Å². The van der Waals surface area contributed by atoms with Crippen LogP contribution in [-0.4, -0.2) is 34.4 Å². The van der Waals surface area contributed by atoms with Crippen LogP contribution in [0, 0.1) is 35.0 Å². The molecular weight excluding hydrogens is 440 g/mol. The maximum Gasteiger partial charge on any atom is 0.333 e. The fourth-order valence-corrected chi connectivity index (χ4v) is 8.24.